The fourth-order valence-electron chi connectivity index (χ4n) is 2.55. The highest BCUT2D eigenvalue weighted by molar-refractivity contribution is 4.83. The van der Waals surface area contributed by atoms with Gasteiger partial charge in [0.25, 0.3) is 0 Å². The number of aromatic nitrogens is 2. The van der Waals surface area contributed by atoms with Gasteiger partial charge in [0.2, 0.25) is 11.8 Å². The van der Waals surface area contributed by atoms with Gasteiger partial charge in [-0.3, -0.25) is 0 Å². The maximum atomic E-state index is 5.60. The minimum atomic E-state index is 0.680. The molecule has 17 heavy (non-hydrogen) atoms. The Labute approximate surface area is 103 Å². The van der Waals surface area contributed by atoms with Gasteiger partial charge in [-0.15, -0.1) is 10.2 Å². The summed E-state index contributed by atoms with van der Waals surface area (Å²) < 4.78 is 5.60. The Hall–Kier alpha value is -0.900. The van der Waals surface area contributed by atoms with Crippen LogP contribution in [0.1, 0.15) is 56.7 Å². The van der Waals surface area contributed by atoms with E-state index in [4.69, 9.17) is 10.2 Å². The third kappa shape index (κ3) is 4.11. The van der Waals surface area contributed by atoms with Crippen molar-refractivity contribution in [3.8, 4) is 0 Å². The van der Waals surface area contributed by atoms with Gasteiger partial charge in [0.1, 0.15) is 0 Å². The summed E-state index contributed by atoms with van der Waals surface area (Å²) in [4.78, 5) is 0. The zero-order valence-corrected chi connectivity index (χ0v) is 10.5. The van der Waals surface area contributed by atoms with Crippen LogP contribution >= 0.6 is 0 Å². The van der Waals surface area contributed by atoms with Gasteiger partial charge in [0.15, 0.2) is 0 Å². The average molecular weight is 237 g/mol. The second kappa shape index (κ2) is 6.74. The average Bonchev–Trinajstić information content (AvgIpc) is 2.83. The van der Waals surface area contributed by atoms with E-state index in [1.54, 1.807) is 0 Å². The maximum absolute atomic E-state index is 5.60. The van der Waals surface area contributed by atoms with Gasteiger partial charge < -0.3 is 10.2 Å². The molecule has 4 nitrogen and oxygen atoms in total. The van der Waals surface area contributed by atoms with Crippen molar-refractivity contribution in [3.63, 3.8) is 0 Å². The lowest BCUT2D eigenvalue weighted by Gasteiger charge is -2.20. The van der Waals surface area contributed by atoms with Crippen LogP contribution in [0, 0.1) is 5.92 Å². The van der Waals surface area contributed by atoms with E-state index in [2.05, 4.69) is 10.2 Å². The van der Waals surface area contributed by atoms with Crippen molar-refractivity contribution >= 4 is 0 Å². The molecular formula is C13H23N3O. The number of rotatable bonds is 6. The molecule has 1 aromatic heterocycles. The minimum absolute atomic E-state index is 0.680. The van der Waals surface area contributed by atoms with Gasteiger partial charge in [0, 0.05) is 12.8 Å². The predicted octanol–water partition coefficient (Wildman–Crippen LogP) is 2.47. The Balaban J connectivity index is 1.72. The molecule has 0 amide bonds. The van der Waals surface area contributed by atoms with Gasteiger partial charge >= 0.3 is 0 Å². The van der Waals surface area contributed by atoms with Crippen molar-refractivity contribution in [1.29, 1.82) is 0 Å². The summed E-state index contributed by atoms with van der Waals surface area (Å²) in [6, 6.07) is 0. The largest absolute Gasteiger partial charge is 0.425 e. The number of aryl methyl sites for hydroxylation is 2. The second-order valence-electron chi connectivity index (χ2n) is 5.02. The van der Waals surface area contributed by atoms with E-state index in [9.17, 15) is 0 Å². The topological polar surface area (TPSA) is 64.9 Å². The first-order valence-corrected chi connectivity index (χ1v) is 6.90. The molecule has 1 aromatic rings. The molecule has 2 N–H and O–H groups in total. The summed E-state index contributed by atoms with van der Waals surface area (Å²) >= 11 is 0. The molecule has 1 saturated carbocycles. The number of hydrogen-bond acceptors (Lipinski definition) is 4. The van der Waals surface area contributed by atoms with Gasteiger partial charge in [-0.05, 0) is 25.3 Å². The van der Waals surface area contributed by atoms with Crippen LogP contribution in [0.15, 0.2) is 4.42 Å². The molecule has 2 rings (SSSR count). The first-order chi connectivity index (χ1) is 8.38. The molecule has 1 aliphatic rings. The zero-order valence-electron chi connectivity index (χ0n) is 10.5. The summed E-state index contributed by atoms with van der Waals surface area (Å²) in [5.74, 6) is 2.43. The maximum Gasteiger partial charge on any atom is 0.216 e. The number of nitrogens with two attached hydrogens (primary N) is 1. The van der Waals surface area contributed by atoms with Crippen LogP contribution in [0.3, 0.4) is 0 Å². The fourth-order valence-corrected chi connectivity index (χ4v) is 2.55. The van der Waals surface area contributed by atoms with E-state index in [0.29, 0.717) is 6.54 Å². The Kier molecular flexibility index (Phi) is 4.98. The Morgan fingerprint density at radius 2 is 1.76 bits per heavy atom. The van der Waals surface area contributed by atoms with E-state index < -0.39 is 0 Å². The summed E-state index contributed by atoms with van der Waals surface area (Å²) in [5, 5.41) is 8.14. The molecule has 0 spiro atoms. The monoisotopic (exact) mass is 237 g/mol. The highest BCUT2D eigenvalue weighted by atomic mass is 16.4. The molecule has 0 radical (unpaired) electrons. The molecule has 1 heterocycles. The van der Waals surface area contributed by atoms with Crippen molar-refractivity contribution in [3.05, 3.63) is 11.8 Å². The molecule has 1 fully saturated rings. The standard InChI is InChI=1S/C13H23N3O/c14-10-4-7-12-15-16-13(17-12)9-8-11-5-2-1-3-6-11/h11H,1-10,14H2. The normalized spacial score (nSPS) is 17.5. The highest BCUT2D eigenvalue weighted by Crippen LogP contribution is 2.27. The van der Waals surface area contributed by atoms with Crippen LogP contribution in [-0.2, 0) is 12.8 Å². The van der Waals surface area contributed by atoms with E-state index in [1.165, 1.54) is 38.5 Å². The van der Waals surface area contributed by atoms with Gasteiger partial charge in [-0.25, -0.2) is 0 Å². The van der Waals surface area contributed by atoms with Gasteiger partial charge in [0.05, 0.1) is 0 Å². The van der Waals surface area contributed by atoms with Crippen LogP contribution < -0.4 is 5.73 Å². The smallest absolute Gasteiger partial charge is 0.216 e. The predicted molar refractivity (Wildman–Crippen MR) is 66.6 cm³/mol. The fraction of sp³-hybridized carbons (Fsp3) is 0.846. The Morgan fingerprint density at radius 1 is 1.06 bits per heavy atom. The first-order valence-electron chi connectivity index (χ1n) is 6.90. The Bertz CT molecular complexity index is 318. The van der Waals surface area contributed by atoms with Crippen molar-refractivity contribution < 1.29 is 4.42 Å². The lowest BCUT2D eigenvalue weighted by Crippen LogP contribution is -2.07. The number of hydrogen-bond donors (Lipinski definition) is 1. The highest BCUT2D eigenvalue weighted by Gasteiger charge is 2.14. The lowest BCUT2D eigenvalue weighted by atomic mass is 9.86. The van der Waals surface area contributed by atoms with E-state index >= 15 is 0 Å². The Morgan fingerprint density at radius 3 is 2.47 bits per heavy atom. The summed E-state index contributed by atoms with van der Waals surface area (Å²) in [6.45, 7) is 0.680. The quantitative estimate of drug-likeness (QED) is 0.825. The van der Waals surface area contributed by atoms with Crippen LogP contribution in [0.4, 0.5) is 0 Å². The molecule has 4 heteroatoms. The number of nitrogens with zero attached hydrogens (tertiary/aromatic N) is 2. The van der Waals surface area contributed by atoms with Gasteiger partial charge in [-0.1, -0.05) is 32.1 Å². The van der Waals surface area contributed by atoms with Crippen LogP contribution in [0.2, 0.25) is 0 Å². The van der Waals surface area contributed by atoms with E-state index in [-0.39, 0.29) is 0 Å². The zero-order chi connectivity index (χ0) is 11.9. The molecule has 0 unspecified atom stereocenters. The first kappa shape index (κ1) is 12.6. The van der Waals surface area contributed by atoms with Crippen LogP contribution in [-0.4, -0.2) is 16.7 Å². The molecular weight excluding hydrogens is 214 g/mol. The van der Waals surface area contributed by atoms with E-state index in [1.807, 2.05) is 0 Å². The molecule has 0 bridgehead atoms. The minimum Gasteiger partial charge on any atom is -0.425 e. The van der Waals surface area contributed by atoms with Crippen molar-refractivity contribution in [2.45, 2.75) is 57.8 Å². The third-order valence-electron chi connectivity index (χ3n) is 3.59. The second-order valence-corrected chi connectivity index (χ2v) is 5.02. The van der Waals surface area contributed by atoms with Crippen molar-refractivity contribution in [2.24, 2.45) is 11.7 Å². The summed E-state index contributed by atoms with van der Waals surface area (Å²) in [5.41, 5.74) is 5.45. The third-order valence-corrected chi connectivity index (χ3v) is 3.59. The molecule has 0 atom stereocenters. The molecule has 1 aliphatic carbocycles. The molecule has 0 saturated heterocycles. The molecule has 0 aromatic carbocycles. The van der Waals surface area contributed by atoms with Crippen LogP contribution in [0.25, 0.3) is 0 Å². The van der Waals surface area contributed by atoms with Crippen molar-refractivity contribution in [1.82, 2.24) is 10.2 Å². The summed E-state index contributed by atoms with van der Waals surface area (Å²) in [6.07, 6.45) is 10.9. The molecule has 0 aliphatic heterocycles. The lowest BCUT2D eigenvalue weighted by molar-refractivity contribution is 0.326. The van der Waals surface area contributed by atoms with Crippen LogP contribution in [0.5, 0.6) is 0 Å². The summed E-state index contributed by atoms with van der Waals surface area (Å²) in [7, 11) is 0. The van der Waals surface area contributed by atoms with E-state index in [0.717, 1.165) is 37.0 Å². The molecule has 96 valence electrons. The van der Waals surface area contributed by atoms with Gasteiger partial charge in [-0.2, -0.15) is 0 Å². The van der Waals surface area contributed by atoms with Crippen molar-refractivity contribution in [2.75, 3.05) is 6.54 Å². The SMILES string of the molecule is NCCCc1nnc(CCC2CCCCC2)o1.